The van der Waals surface area contributed by atoms with Crippen LogP contribution >= 0.6 is 27.7 Å². The zero-order valence-corrected chi connectivity index (χ0v) is 11.9. The lowest BCUT2D eigenvalue weighted by Gasteiger charge is -2.15. The molecule has 0 saturated heterocycles. The summed E-state index contributed by atoms with van der Waals surface area (Å²) in [6, 6.07) is 6.15. The van der Waals surface area contributed by atoms with Crippen LogP contribution in [-0.2, 0) is 0 Å². The lowest BCUT2D eigenvalue weighted by Crippen LogP contribution is -1.99. The van der Waals surface area contributed by atoms with E-state index in [9.17, 15) is 5.11 Å². The zero-order chi connectivity index (χ0) is 11.5. The molecule has 3 heteroatoms. The number of thioether (sulfide) groups is 1. The minimum Gasteiger partial charge on any atom is -0.389 e. The highest BCUT2D eigenvalue weighted by Crippen LogP contribution is 2.38. The third-order valence-electron chi connectivity index (χ3n) is 3.02. The second kappa shape index (κ2) is 5.56. The van der Waals surface area contributed by atoms with Crippen LogP contribution in [0.4, 0.5) is 0 Å². The first-order valence-corrected chi connectivity index (χ1v) is 7.48. The van der Waals surface area contributed by atoms with Crippen LogP contribution in [0.3, 0.4) is 0 Å². The molecule has 16 heavy (non-hydrogen) atoms. The number of aliphatic hydroxyl groups excluding tert-OH is 1. The van der Waals surface area contributed by atoms with Gasteiger partial charge in [0.15, 0.2) is 0 Å². The van der Waals surface area contributed by atoms with E-state index in [1.807, 2.05) is 30.8 Å². The summed E-state index contributed by atoms with van der Waals surface area (Å²) in [5.74, 6) is 0. The first-order valence-electron chi connectivity index (χ1n) is 5.81. The number of hydrogen-bond donors (Lipinski definition) is 1. The maximum atomic E-state index is 9.74. The van der Waals surface area contributed by atoms with Gasteiger partial charge in [-0.05, 0) is 37.5 Å². The topological polar surface area (TPSA) is 20.2 Å². The van der Waals surface area contributed by atoms with Crippen molar-refractivity contribution in [2.75, 3.05) is 0 Å². The molecule has 0 heterocycles. The molecule has 88 valence electrons. The fraction of sp³-hybridized carbons (Fsp3) is 0.538. The van der Waals surface area contributed by atoms with Gasteiger partial charge in [0.05, 0.1) is 6.10 Å². The Kier molecular flexibility index (Phi) is 4.34. The fourth-order valence-electron chi connectivity index (χ4n) is 2.14. The quantitative estimate of drug-likeness (QED) is 0.884. The molecule has 1 aromatic rings. The van der Waals surface area contributed by atoms with Gasteiger partial charge in [0.25, 0.3) is 0 Å². The Labute approximate surface area is 110 Å². The molecule has 1 N–H and O–H groups in total. The second-order valence-corrected chi connectivity index (χ2v) is 6.64. The number of hydrogen-bond acceptors (Lipinski definition) is 2. The van der Waals surface area contributed by atoms with E-state index in [4.69, 9.17) is 0 Å². The molecule has 1 saturated carbocycles. The van der Waals surface area contributed by atoms with E-state index >= 15 is 0 Å². The zero-order valence-electron chi connectivity index (χ0n) is 9.45. The number of rotatable bonds is 3. The van der Waals surface area contributed by atoms with Gasteiger partial charge in [0.2, 0.25) is 0 Å². The molecule has 0 amide bonds. The SMILES string of the molecule is CC(O)c1ccc(Br)cc1SC1CCCC1. The van der Waals surface area contributed by atoms with E-state index in [2.05, 4.69) is 22.0 Å². The van der Waals surface area contributed by atoms with Crippen LogP contribution in [0, 0.1) is 0 Å². The molecule has 1 nitrogen and oxygen atoms in total. The van der Waals surface area contributed by atoms with Crippen molar-refractivity contribution in [2.45, 2.75) is 48.9 Å². The van der Waals surface area contributed by atoms with E-state index < -0.39 is 0 Å². The molecule has 2 rings (SSSR count). The number of aliphatic hydroxyl groups is 1. The first-order chi connectivity index (χ1) is 7.66. The van der Waals surface area contributed by atoms with Crippen molar-refractivity contribution in [3.05, 3.63) is 28.2 Å². The summed E-state index contributed by atoms with van der Waals surface area (Å²) < 4.78 is 1.09. The maximum absolute atomic E-state index is 9.74. The van der Waals surface area contributed by atoms with E-state index in [-0.39, 0.29) is 6.10 Å². The molecule has 1 atom stereocenters. The molecule has 1 aliphatic rings. The molecule has 0 bridgehead atoms. The van der Waals surface area contributed by atoms with Crippen molar-refractivity contribution in [1.82, 2.24) is 0 Å². The predicted octanol–water partition coefficient (Wildman–Crippen LogP) is 4.54. The average Bonchev–Trinajstić information content (AvgIpc) is 2.70. The third kappa shape index (κ3) is 3.02. The van der Waals surface area contributed by atoms with Crippen molar-refractivity contribution < 1.29 is 5.11 Å². The first kappa shape index (κ1) is 12.5. The van der Waals surface area contributed by atoms with E-state index in [1.165, 1.54) is 30.6 Å². The van der Waals surface area contributed by atoms with Crippen molar-refractivity contribution in [3.63, 3.8) is 0 Å². The Morgan fingerprint density at radius 3 is 2.69 bits per heavy atom. The summed E-state index contributed by atoms with van der Waals surface area (Å²) >= 11 is 5.43. The Balaban J connectivity index is 2.19. The normalized spacial score (nSPS) is 18.9. The second-order valence-electron chi connectivity index (χ2n) is 4.38. The van der Waals surface area contributed by atoms with Gasteiger partial charge in [0, 0.05) is 14.6 Å². The van der Waals surface area contributed by atoms with Gasteiger partial charge in [-0.15, -0.1) is 11.8 Å². The highest BCUT2D eigenvalue weighted by molar-refractivity contribution is 9.10. The van der Waals surface area contributed by atoms with Gasteiger partial charge in [-0.3, -0.25) is 0 Å². The van der Waals surface area contributed by atoms with Crippen LogP contribution in [0.2, 0.25) is 0 Å². The van der Waals surface area contributed by atoms with E-state index in [0.717, 1.165) is 15.3 Å². The highest BCUT2D eigenvalue weighted by Gasteiger charge is 2.18. The molecule has 0 aliphatic heterocycles. The predicted molar refractivity (Wildman–Crippen MR) is 72.9 cm³/mol. The summed E-state index contributed by atoms with van der Waals surface area (Å²) in [5.41, 5.74) is 1.06. The Morgan fingerprint density at radius 2 is 2.06 bits per heavy atom. The van der Waals surface area contributed by atoms with Gasteiger partial charge in [-0.25, -0.2) is 0 Å². The maximum Gasteiger partial charge on any atom is 0.0772 e. The van der Waals surface area contributed by atoms with Gasteiger partial charge < -0.3 is 5.11 Å². The lowest BCUT2D eigenvalue weighted by molar-refractivity contribution is 0.196. The third-order valence-corrected chi connectivity index (χ3v) is 4.93. The Morgan fingerprint density at radius 1 is 1.38 bits per heavy atom. The molecule has 0 spiro atoms. The summed E-state index contributed by atoms with van der Waals surface area (Å²) in [6.45, 7) is 1.84. The monoisotopic (exact) mass is 300 g/mol. The fourth-order valence-corrected chi connectivity index (χ4v) is 4.15. The molecular formula is C13H17BrOS. The summed E-state index contributed by atoms with van der Waals surface area (Å²) in [6.07, 6.45) is 4.97. The summed E-state index contributed by atoms with van der Waals surface area (Å²) in [7, 11) is 0. The minimum absolute atomic E-state index is 0.378. The van der Waals surface area contributed by atoms with Gasteiger partial charge in [0.1, 0.15) is 0 Å². The van der Waals surface area contributed by atoms with Crippen molar-refractivity contribution in [1.29, 1.82) is 0 Å². The Hall–Kier alpha value is 0.01000. The molecule has 1 fully saturated rings. The standard InChI is InChI=1S/C13H17BrOS/c1-9(15)12-7-6-10(14)8-13(12)16-11-4-2-3-5-11/h6-9,11,15H,2-5H2,1H3. The smallest absolute Gasteiger partial charge is 0.0772 e. The summed E-state index contributed by atoms with van der Waals surface area (Å²) in [4.78, 5) is 1.23. The highest BCUT2D eigenvalue weighted by atomic mass is 79.9. The van der Waals surface area contributed by atoms with Crippen molar-refractivity contribution >= 4 is 27.7 Å². The van der Waals surface area contributed by atoms with Gasteiger partial charge in [-0.1, -0.05) is 34.8 Å². The summed E-state index contributed by atoms with van der Waals surface area (Å²) in [5, 5.41) is 10.5. The minimum atomic E-state index is -0.378. The van der Waals surface area contributed by atoms with Crippen molar-refractivity contribution in [3.8, 4) is 0 Å². The molecule has 1 aromatic carbocycles. The van der Waals surface area contributed by atoms with Crippen LogP contribution in [0.1, 0.15) is 44.3 Å². The van der Waals surface area contributed by atoms with Crippen molar-refractivity contribution in [2.24, 2.45) is 0 Å². The lowest BCUT2D eigenvalue weighted by atomic mass is 10.1. The number of halogens is 1. The van der Waals surface area contributed by atoms with Crippen LogP contribution in [0.5, 0.6) is 0 Å². The molecule has 0 aromatic heterocycles. The largest absolute Gasteiger partial charge is 0.389 e. The molecule has 1 aliphatic carbocycles. The van der Waals surface area contributed by atoms with Crippen LogP contribution in [-0.4, -0.2) is 10.4 Å². The van der Waals surface area contributed by atoms with Crippen LogP contribution in [0.25, 0.3) is 0 Å². The molecule has 1 unspecified atom stereocenters. The van der Waals surface area contributed by atoms with E-state index in [1.54, 1.807) is 0 Å². The van der Waals surface area contributed by atoms with Crippen LogP contribution < -0.4 is 0 Å². The van der Waals surface area contributed by atoms with Crippen LogP contribution in [0.15, 0.2) is 27.6 Å². The molecule has 0 radical (unpaired) electrons. The van der Waals surface area contributed by atoms with Gasteiger partial charge >= 0.3 is 0 Å². The van der Waals surface area contributed by atoms with Gasteiger partial charge in [-0.2, -0.15) is 0 Å². The Bertz CT molecular complexity index is 359. The molecular weight excluding hydrogens is 284 g/mol. The average molecular weight is 301 g/mol. The number of benzene rings is 1. The van der Waals surface area contributed by atoms with E-state index in [0.29, 0.717) is 0 Å².